The molecule has 7 nitrogen and oxygen atoms in total. The molecular formula is C18H10FN5O2. The quantitative estimate of drug-likeness (QED) is 0.518. The fraction of sp³-hybridized carbons (Fsp3) is 0.0556. The maximum absolute atomic E-state index is 13.5. The molecule has 0 N–H and O–H groups in total. The first kappa shape index (κ1) is 15.7. The van der Waals surface area contributed by atoms with Crippen molar-refractivity contribution in [2.24, 2.45) is 0 Å². The Bertz CT molecular complexity index is 1230. The minimum atomic E-state index is -0.610. The van der Waals surface area contributed by atoms with E-state index in [0.29, 0.717) is 27.6 Å². The van der Waals surface area contributed by atoms with Crippen LogP contribution in [-0.2, 0) is 4.74 Å². The zero-order chi connectivity index (χ0) is 18.3. The van der Waals surface area contributed by atoms with Crippen molar-refractivity contribution in [2.75, 3.05) is 7.11 Å². The minimum absolute atomic E-state index is 0.0924. The van der Waals surface area contributed by atoms with Crippen LogP contribution in [0.3, 0.4) is 0 Å². The number of fused-ring (bicyclic) bond motifs is 3. The SMILES string of the molecule is COC(=O)c1cc(C#N)nc2ccc3nn(-c4cccc(F)c4)nc3c12. The summed E-state index contributed by atoms with van der Waals surface area (Å²) in [4.78, 5) is 17.7. The van der Waals surface area contributed by atoms with Gasteiger partial charge in [0.25, 0.3) is 0 Å². The van der Waals surface area contributed by atoms with Crippen molar-refractivity contribution >= 4 is 27.9 Å². The van der Waals surface area contributed by atoms with Crippen molar-refractivity contribution < 1.29 is 13.9 Å². The highest BCUT2D eigenvalue weighted by atomic mass is 19.1. The molecule has 126 valence electrons. The average molecular weight is 347 g/mol. The third-order valence-electron chi connectivity index (χ3n) is 3.88. The molecule has 0 aliphatic rings. The van der Waals surface area contributed by atoms with Gasteiger partial charge in [0, 0.05) is 11.5 Å². The van der Waals surface area contributed by atoms with Crippen LogP contribution in [0, 0.1) is 17.1 Å². The number of halogens is 1. The molecule has 2 aromatic heterocycles. The Hall–Kier alpha value is -3.86. The summed E-state index contributed by atoms with van der Waals surface area (Å²) in [6, 6.07) is 12.4. The van der Waals surface area contributed by atoms with E-state index in [0.717, 1.165) is 0 Å². The number of hydrogen-bond donors (Lipinski definition) is 0. The Kier molecular flexibility index (Phi) is 3.55. The van der Waals surface area contributed by atoms with Crippen molar-refractivity contribution in [2.45, 2.75) is 0 Å². The molecule has 0 saturated heterocycles. The Morgan fingerprint density at radius 2 is 2.00 bits per heavy atom. The van der Waals surface area contributed by atoms with Crippen molar-refractivity contribution in [3.05, 3.63) is 59.5 Å². The maximum Gasteiger partial charge on any atom is 0.338 e. The number of nitriles is 1. The number of methoxy groups -OCH3 is 1. The lowest BCUT2D eigenvalue weighted by atomic mass is 10.1. The summed E-state index contributed by atoms with van der Waals surface area (Å²) in [6.07, 6.45) is 0. The van der Waals surface area contributed by atoms with Gasteiger partial charge in [-0.3, -0.25) is 0 Å². The van der Waals surface area contributed by atoms with Crippen molar-refractivity contribution in [3.8, 4) is 11.8 Å². The molecule has 0 atom stereocenters. The second kappa shape index (κ2) is 5.89. The summed E-state index contributed by atoms with van der Waals surface area (Å²) in [7, 11) is 1.25. The maximum atomic E-state index is 13.5. The molecular weight excluding hydrogens is 337 g/mol. The fourth-order valence-corrected chi connectivity index (χ4v) is 2.74. The van der Waals surface area contributed by atoms with Crippen molar-refractivity contribution in [1.29, 1.82) is 5.26 Å². The molecule has 0 saturated carbocycles. The lowest BCUT2D eigenvalue weighted by Gasteiger charge is -2.05. The van der Waals surface area contributed by atoms with Crippen LogP contribution in [0.2, 0.25) is 0 Å². The molecule has 0 spiro atoms. The van der Waals surface area contributed by atoms with Crippen LogP contribution in [-0.4, -0.2) is 33.1 Å². The van der Waals surface area contributed by atoms with Gasteiger partial charge >= 0.3 is 5.97 Å². The Morgan fingerprint density at radius 1 is 1.19 bits per heavy atom. The average Bonchev–Trinajstić information content (AvgIpc) is 3.10. The Labute approximate surface area is 146 Å². The number of aromatic nitrogens is 4. The minimum Gasteiger partial charge on any atom is -0.465 e. The van der Waals surface area contributed by atoms with Gasteiger partial charge in [-0.15, -0.1) is 10.2 Å². The number of hydrogen-bond acceptors (Lipinski definition) is 6. The zero-order valence-corrected chi connectivity index (χ0v) is 13.5. The number of ether oxygens (including phenoxy) is 1. The predicted molar refractivity (Wildman–Crippen MR) is 90.2 cm³/mol. The smallest absolute Gasteiger partial charge is 0.338 e. The molecule has 4 rings (SSSR count). The van der Waals surface area contributed by atoms with Gasteiger partial charge in [-0.1, -0.05) is 6.07 Å². The van der Waals surface area contributed by atoms with E-state index in [-0.39, 0.29) is 11.3 Å². The molecule has 0 radical (unpaired) electrons. The van der Waals surface area contributed by atoms with E-state index >= 15 is 0 Å². The van der Waals surface area contributed by atoms with Gasteiger partial charge in [0.05, 0.1) is 23.9 Å². The Morgan fingerprint density at radius 3 is 2.73 bits per heavy atom. The third-order valence-corrected chi connectivity index (χ3v) is 3.88. The highest BCUT2D eigenvalue weighted by molar-refractivity contribution is 6.13. The fourth-order valence-electron chi connectivity index (χ4n) is 2.74. The van der Waals surface area contributed by atoms with Crippen LogP contribution in [0.5, 0.6) is 0 Å². The number of benzene rings is 2. The van der Waals surface area contributed by atoms with E-state index < -0.39 is 11.8 Å². The van der Waals surface area contributed by atoms with Gasteiger partial charge in [-0.2, -0.15) is 10.1 Å². The van der Waals surface area contributed by atoms with Crippen molar-refractivity contribution in [3.63, 3.8) is 0 Å². The summed E-state index contributed by atoms with van der Waals surface area (Å²) >= 11 is 0. The van der Waals surface area contributed by atoms with E-state index in [9.17, 15) is 9.18 Å². The van der Waals surface area contributed by atoms with E-state index in [1.165, 1.54) is 30.1 Å². The van der Waals surface area contributed by atoms with E-state index in [1.54, 1.807) is 24.3 Å². The second-order valence-electron chi connectivity index (χ2n) is 5.46. The first-order valence-corrected chi connectivity index (χ1v) is 7.56. The van der Waals surface area contributed by atoms with Crippen LogP contribution in [0.1, 0.15) is 16.1 Å². The molecule has 0 aliphatic carbocycles. The van der Waals surface area contributed by atoms with Crippen LogP contribution >= 0.6 is 0 Å². The topological polar surface area (TPSA) is 93.7 Å². The summed E-state index contributed by atoms with van der Waals surface area (Å²) in [5.74, 6) is -1.02. The number of esters is 1. The highest BCUT2D eigenvalue weighted by Crippen LogP contribution is 2.27. The normalized spacial score (nSPS) is 10.8. The molecule has 4 aromatic rings. The number of carbonyl (C=O) groups is 1. The van der Waals surface area contributed by atoms with Gasteiger partial charge in [0.1, 0.15) is 28.6 Å². The van der Waals surface area contributed by atoms with Gasteiger partial charge in [-0.25, -0.2) is 14.2 Å². The largest absolute Gasteiger partial charge is 0.465 e. The van der Waals surface area contributed by atoms with Crippen LogP contribution < -0.4 is 0 Å². The van der Waals surface area contributed by atoms with Gasteiger partial charge in [-0.05, 0) is 30.3 Å². The molecule has 0 bridgehead atoms. The number of rotatable bonds is 2. The van der Waals surface area contributed by atoms with Crippen LogP contribution in [0.15, 0.2) is 42.5 Å². The van der Waals surface area contributed by atoms with Gasteiger partial charge in [0.2, 0.25) is 0 Å². The third kappa shape index (κ3) is 2.43. The summed E-state index contributed by atoms with van der Waals surface area (Å²) in [5.41, 5.74) is 2.03. The number of pyridine rings is 1. The van der Waals surface area contributed by atoms with Crippen LogP contribution in [0.4, 0.5) is 4.39 Å². The van der Waals surface area contributed by atoms with E-state index in [2.05, 4.69) is 15.2 Å². The van der Waals surface area contributed by atoms with Gasteiger partial charge in [0.15, 0.2) is 0 Å². The summed E-state index contributed by atoms with van der Waals surface area (Å²) in [5, 5.41) is 18.3. The molecule has 0 unspecified atom stereocenters. The molecule has 0 aliphatic heterocycles. The summed E-state index contributed by atoms with van der Waals surface area (Å²) < 4.78 is 18.3. The standard InChI is InChI=1S/C18H10FN5O2/c1-26-18(25)13-8-11(9-20)21-14-5-6-15-17(16(13)14)23-24(22-15)12-4-2-3-10(19)7-12/h2-8H,1H3. The first-order chi connectivity index (χ1) is 12.6. The van der Waals surface area contributed by atoms with E-state index in [4.69, 9.17) is 10.00 Å². The molecule has 2 heterocycles. The second-order valence-corrected chi connectivity index (χ2v) is 5.46. The molecule has 0 fully saturated rings. The number of nitrogens with zero attached hydrogens (tertiary/aromatic N) is 5. The molecule has 2 aromatic carbocycles. The Balaban J connectivity index is 2.05. The van der Waals surface area contributed by atoms with Gasteiger partial charge < -0.3 is 4.74 Å². The lowest BCUT2D eigenvalue weighted by molar-refractivity contribution is 0.0603. The number of carbonyl (C=O) groups excluding carboxylic acids is 1. The molecule has 26 heavy (non-hydrogen) atoms. The first-order valence-electron chi connectivity index (χ1n) is 7.56. The molecule has 8 heteroatoms. The zero-order valence-electron chi connectivity index (χ0n) is 13.5. The lowest BCUT2D eigenvalue weighted by Crippen LogP contribution is -2.04. The van der Waals surface area contributed by atoms with Crippen LogP contribution in [0.25, 0.3) is 27.6 Å². The summed E-state index contributed by atoms with van der Waals surface area (Å²) in [6.45, 7) is 0. The van der Waals surface area contributed by atoms with Crippen molar-refractivity contribution in [1.82, 2.24) is 20.0 Å². The highest BCUT2D eigenvalue weighted by Gasteiger charge is 2.19. The predicted octanol–water partition coefficient (Wildman–Crippen LogP) is 2.77. The molecule has 0 amide bonds. The van der Waals surface area contributed by atoms with E-state index in [1.807, 2.05) is 6.07 Å². The monoisotopic (exact) mass is 347 g/mol.